The van der Waals surface area contributed by atoms with Crippen LogP contribution in [-0.2, 0) is 0 Å². The fourth-order valence-corrected chi connectivity index (χ4v) is 2.20. The van der Waals surface area contributed by atoms with Crippen molar-refractivity contribution in [2.45, 2.75) is 25.8 Å². The van der Waals surface area contributed by atoms with E-state index in [2.05, 4.69) is 0 Å². The van der Waals surface area contributed by atoms with Gasteiger partial charge in [-0.05, 0) is 17.0 Å². The van der Waals surface area contributed by atoms with Gasteiger partial charge in [0.15, 0.2) is 0 Å². The Kier molecular flexibility index (Phi) is 2.43. The molecule has 1 aliphatic rings. The lowest BCUT2D eigenvalue weighted by atomic mass is 10.0. The van der Waals surface area contributed by atoms with Gasteiger partial charge in [-0.1, -0.05) is 13.8 Å². The second-order valence-corrected chi connectivity index (χ2v) is 4.91. The van der Waals surface area contributed by atoms with E-state index < -0.39 is 22.2 Å². The highest BCUT2D eigenvalue weighted by Crippen LogP contribution is 2.58. The summed E-state index contributed by atoms with van der Waals surface area (Å²) in [4.78, 5) is 9.49. The van der Waals surface area contributed by atoms with E-state index in [-0.39, 0.29) is 22.9 Å². The van der Waals surface area contributed by atoms with E-state index in [4.69, 9.17) is 5.73 Å². The maximum absolute atomic E-state index is 13.7. The van der Waals surface area contributed by atoms with Gasteiger partial charge in [-0.3, -0.25) is 10.1 Å². The SMILES string of the molecule is CC1(C)[C@H](N)[C@H]1c1cc(F)c([N+](=O)[O-])cc1F. The molecule has 1 saturated carbocycles. The van der Waals surface area contributed by atoms with Gasteiger partial charge in [-0.2, -0.15) is 4.39 Å². The minimum absolute atomic E-state index is 0.116. The molecule has 92 valence electrons. The first-order valence-electron chi connectivity index (χ1n) is 5.15. The van der Waals surface area contributed by atoms with Crippen LogP contribution in [0.1, 0.15) is 25.3 Å². The Morgan fingerprint density at radius 1 is 1.35 bits per heavy atom. The van der Waals surface area contributed by atoms with E-state index in [1.54, 1.807) is 0 Å². The van der Waals surface area contributed by atoms with Crippen molar-refractivity contribution in [3.63, 3.8) is 0 Å². The monoisotopic (exact) mass is 242 g/mol. The van der Waals surface area contributed by atoms with Crippen LogP contribution in [0.4, 0.5) is 14.5 Å². The molecule has 0 unspecified atom stereocenters. The molecular weight excluding hydrogens is 230 g/mol. The highest BCUT2D eigenvalue weighted by Gasteiger charge is 2.57. The summed E-state index contributed by atoms with van der Waals surface area (Å²) in [6.07, 6.45) is 0. The highest BCUT2D eigenvalue weighted by atomic mass is 19.1. The predicted molar refractivity (Wildman–Crippen MR) is 57.5 cm³/mol. The van der Waals surface area contributed by atoms with Crippen LogP contribution >= 0.6 is 0 Å². The number of benzene rings is 1. The molecule has 2 N–H and O–H groups in total. The quantitative estimate of drug-likeness (QED) is 0.639. The molecule has 0 aliphatic heterocycles. The van der Waals surface area contributed by atoms with Crippen molar-refractivity contribution in [2.24, 2.45) is 11.1 Å². The minimum Gasteiger partial charge on any atom is -0.327 e. The molecule has 1 aromatic rings. The van der Waals surface area contributed by atoms with Crippen LogP contribution < -0.4 is 5.73 Å². The number of nitrogens with two attached hydrogens (primary N) is 1. The standard InChI is InChI=1S/C11H12F2N2O2/c1-11(2)9(10(11)14)5-3-7(13)8(15(16)17)4-6(5)12/h3-4,9-10H,14H2,1-2H3/t9-,10-/m1/s1. The lowest BCUT2D eigenvalue weighted by Gasteiger charge is -2.05. The molecule has 0 spiro atoms. The van der Waals surface area contributed by atoms with Crippen molar-refractivity contribution in [3.8, 4) is 0 Å². The molecule has 1 aliphatic carbocycles. The molecule has 0 bridgehead atoms. The Bertz CT molecular complexity index is 502. The summed E-state index contributed by atoms with van der Waals surface area (Å²) in [7, 11) is 0. The van der Waals surface area contributed by atoms with Gasteiger partial charge in [0.05, 0.1) is 11.0 Å². The van der Waals surface area contributed by atoms with Gasteiger partial charge in [0, 0.05) is 12.0 Å². The van der Waals surface area contributed by atoms with Gasteiger partial charge in [-0.25, -0.2) is 4.39 Å². The van der Waals surface area contributed by atoms with Crippen LogP contribution in [0.3, 0.4) is 0 Å². The lowest BCUT2D eigenvalue weighted by molar-refractivity contribution is -0.387. The number of hydrogen-bond acceptors (Lipinski definition) is 3. The molecular formula is C11H12F2N2O2. The molecule has 0 heterocycles. The van der Waals surface area contributed by atoms with Crippen LogP contribution in [0.25, 0.3) is 0 Å². The Morgan fingerprint density at radius 3 is 2.29 bits per heavy atom. The zero-order valence-electron chi connectivity index (χ0n) is 9.41. The van der Waals surface area contributed by atoms with E-state index in [0.717, 1.165) is 6.07 Å². The summed E-state index contributed by atoms with van der Waals surface area (Å²) < 4.78 is 27.1. The van der Waals surface area contributed by atoms with Gasteiger partial charge in [-0.15, -0.1) is 0 Å². The molecule has 17 heavy (non-hydrogen) atoms. The first-order chi connectivity index (χ1) is 7.76. The van der Waals surface area contributed by atoms with E-state index in [1.807, 2.05) is 13.8 Å². The molecule has 6 heteroatoms. The third kappa shape index (κ3) is 1.68. The first kappa shape index (κ1) is 11.9. The Morgan fingerprint density at radius 2 is 1.88 bits per heavy atom. The normalized spacial score (nSPS) is 25.7. The summed E-state index contributed by atoms with van der Waals surface area (Å²) in [6, 6.07) is 1.25. The van der Waals surface area contributed by atoms with Crippen molar-refractivity contribution in [3.05, 3.63) is 39.4 Å². The van der Waals surface area contributed by atoms with E-state index in [9.17, 15) is 18.9 Å². The van der Waals surface area contributed by atoms with E-state index in [0.29, 0.717) is 6.07 Å². The number of hydrogen-bond donors (Lipinski definition) is 1. The second-order valence-electron chi connectivity index (χ2n) is 4.91. The van der Waals surface area contributed by atoms with Crippen LogP contribution in [0.2, 0.25) is 0 Å². The first-order valence-corrected chi connectivity index (χ1v) is 5.15. The molecule has 0 saturated heterocycles. The number of nitrogens with zero attached hydrogens (tertiary/aromatic N) is 1. The third-order valence-electron chi connectivity index (χ3n) is 3.51. The van der Waals surface area contributed by atoms with Crippen molar-refractivity contribution in [1.29, 1.82) is 0 Å². The Balaban J connectivity index is 2.46. The van der Waals surface area contributed by atoms with Crippen LogP contribution in [0.15, 0.2) is 12.1 Å². The fraction of sp³-hybridized carbons (Fsp3) is 0.455. The Hall–Kier alpha value is -1.56. The number of halogens is 2. The lowest BCUT2D eigenvalue weighted by Crippen LogP contribution is -2.06. The van der Waals surface area contributed by atoms with Gasteiger partial charge >= 0.3 is 5.69 Å². The summed E-state index contributed by atoms with van der Waals surface area (Å²) >= 11 is 0. The smallest absolute Gasteiger partial charge is 0.307 e. The molecule has 4 nitrogen and oxygen atoms in total. The number of nitro groups is 1. The van der Waals surface area contributed by atoms with Gasteiger partial charge in [0.25, 0.3) is 0 Å². The zero-order chi connectivity index (χ0) is 13.0. The van der Waals surface area contributed by atoms with Crippen LogP contribution in [-0.4, -0.2) is 11.0 Å². The van der Waals surface area contributed by atoms with E-state index >= 15 is 0 Å². The third-order valence-corrected chi connectivity index (χ3v) is 3.51. The van der Waals surface area contributed by atoms with Gasteiger partial charge in [0.2, 0.25) is 5.82 Å². The van der Waals surface area contributed by atoms with Gasteiger partial charge in [0.1, 0.15) is 5.82 Å². The van der Waals surface area contributed by atoms with Gasteiger partial charge < -0.3 is 5.73 Å². The molecule has 0 aromatic heterocycles. The molecule has 1 aromatic carbocycles. The average Bonchev–Trinajstić information content (AvgIpc) is 2.69. The minimum atomic E-state index is -1.03. The average molecular weight is 242 g/mol. The topological polar surface area (TPSA) is 69.2 Å². The summed E-state index contributed by atoms with van der Waals surface area (Å²) in [5, 5.41) is 10.4. The van der Waals surface area contributed by atoms with Crippen molar-refractivity contribution >= 4 is 5.69 Å². The van der Waals surface area contributed by atoms with E-state index in [1.165, 1.54) is 0 Å². The van der Waals surface area contributed by atoms with Crippen LogP contribution in [0.5, 0.6) is 0 Å². The molecule has 1 fully saturated rings. The maximum Gasteiger partial charge on any atom is 0.307 e. The summed E-state index contributed by atoms with van der Waals surface area (Å²) in [6.45, 7) is 3.70. The summed E-state index contributed by atoms with van der Waals surface area (Å²) in [5.41, 5.74) is 4.74. The largest absolute Gasteiger partial charge is 0.327 e. The maximum atomic E-state index is 13.7. The molecule has 0 radical (unpaired) electrons. The van der Waals surface area contributed by atoms with Crippen LogP contribution in [0, 0.1) is 27.2 Å². The number of nitro benzene ring substituents is 1. The molecule has 0 amide bonds. The summed E-state index contributed by atoms with van der Waals surface area (Å²) in [5.74, 6) is -2.09. The molecule has 2 rings (SSSR count). The zero-order valence-corrected chi connectivity index (χ0v) is 9.41. The second kappa shape index (κ2) is 3.46. The molecule has 2 atom stereocenters. The number of rotatable bonds is 2. The predicted octanol–water partition coefficient (Wildman–Crippen LogP) is 2.32. The van der Waals surface area contributed by atoms with Crippen molar-refractivity contribution in [1.82, 2.24) is 0 Å². The van der Waals surface area contributed by atoms with Crippen molar-refractivity contribution in [2.75, 3.05) is 0 Å². The fourth-order valence-electron chi connectivity index (χ4n) is 2.20. The highest BCUT2D eigenvalue weighted by molar-refractivity contribution is 5.42. The van der Waals surface area contributed by atoms with Crippen molar-refractivity contribution < 1.29 is 13.7 Å². The Labute approximate surface area is 96.6 Å².